The number of pyridine rings is 1. The number of ketones is 1. The number of rotatable bonds is 4. The summed E-state index contributed by atoms with van der Waals surface area (Å²) in [6.07, 6.45) is 7.41. The maximum Gasteiger partial charge on any atom is 0.220 e. The number of benzene rings is 1. The van der Waals surface area contributed by atoms with Crippen LogP contribution in [0.2, 0.25) is 0 Å². The lowest BCUT2D eigenvalue weighted by Gasteiger charge is -2.50. The van der Waals surface area contributed by atoms with Crippen molar-refractivity contribution >= 4 is 16.7 Å². The lowest BCUT2D eigenvalue weighted by Crippen LogP contribution is -2.53. The molecule has 6 heteroatoms. The number of Topliss-reactive ketones (excluding diaryl/α,β-unsaturated/α-hetero) is 1. The summed E-state index contributed by atoms with van der Waals surface area (Å²) in [5.41, 5.74) is 3.75. The van der Waals surface area contributed by atoms with Crippen molar-refractivity contribution in [2.45, 2.75) is 70.0 Å². The van der Waals surface area contributed by atoms with E-state index in [1.54, 1.807) is 7.11 Å². The van der Waals surface area contributed by atoms with E-state index < -0.39 is 6.10 Å². The van der Waals surface area contributed by atoms with Crippen LogP contribution >= 0.6 is 0 Å². The van der Waals surface area contributed by atoms with Gasteiger partial charge in [0.1, 0.15) is 12.2 Å². The summed E-state index contributed by atoms with van der Waals surface area (Å²) < 4.78 is 12.1. The van der Waals surface area contributed by atoms with E-state index >= 15 is 0 Å². The normalized spacial score (nSPS) is 28.8. The van der Waals surface area contributed by atoms with Crippen molar-refractivity contribution in [3.8, 4) is 17.3 Å². The predicted molar refractivity (Wildman–Crippen MR) is 130 cm³/mol. The van der Waals surface area contributed by atoms with Crippen LogP contribution in [0.4, 0.5) is 0 Å². The van der Waals surface area contributed by atoms with Gasteiger partial charge in [0.2, 0.25) is 5.88 Å². The second kappa shape index (κ2) is 8.12. The molecule has 0 aliphatic heterocycles. The Morgan fingerprint density at radius 1 is 1.09 bits per heavy atom. The van der Waals surface area contributed by atoms with Crippen LogP contribution in [0.1, 0.15) is 57.2 Å². The molecule has 0 bridgehead atoms. The number of carbonyl (C=O) groups is 1. The first-order valence-electron chi connectivity index (χ1n) is 12.5. The number of nitrogens with zero attached hydrogens (tertiary/aromatic N) is 3. The van der Waals surface area contributed by atoms with Gasteiger partial charge < -0.3 is 9.47 Å². The van der Waals surface area contributed by atoms with E-state index in [4.69, 9.17) is 19.4 Å². The molecule has 2 heterocycles. The fraction of sp³-hybridized carbons (Fsp3) is 0.500. The summed E-state index contributed by atoms with van der Waals surface area (Å²) >= 11 is 0. The number of methoxy groups -OCH3 is 1. The summed E-state index contributed by atoms with van der Waals surface area (Å²) in [7, 11) is 1.64. The van der Waals surface area contributed by atoms with Gasteiger partial charge in [-0.2, -0.15) is 4.98 Å². The molecule has 0 spiro atoms. The fourth-order valence-corrected chi connectivity index (χ4v) is 6.34. The van der Waals surface area contributed by atoms with Crippen LogP contribution in [0.3, 0.4) is 0 Å². The number of para-hydroxylation sites is 1. The van der Waals surface area contributed by atoms with Crippen molar-refractivity contribution in [1.29, 1.82) is 0 Å². The molecule has 1 unspecified atom stereocenters. The average molecular weight is 458 g/mol. The lowest BCUT2D eigenvalue weighted by atomic mass is 9.55. The SMILES string of the molecule is COC1C[C@@]2(C)c3nc(-c4ccnc5ccccc45)nc(OC4CCC4)c3CC[C@@H]2[C@@H](C)C1=O. The Hall–Kier alpha value is -2.86. The Labute approximate surface area is 200 Å². The van der Waals surface area contributed by atoms with E-state index in [1.807, 2.05) is 30.5 Å². The van der Waals surface area contributed by atoms with Gasteiger partial charge >= 0.3 is 0 Å². The zero-order valence-corrected chi connectivity index (χ0v) is 20.1. The second-order valence-electron chi connectivity index (χ2n) is 10.4. The van der Waals surface area contributed by atoms with Gasteiger partial charge in [-0.25, -0.2) is 4.98 Å². The molecule has 3 aliphatic rings. The smallest absolute Gasteiger partial charge is 0.220 e. The highest BCUT2D eigenvalue weighted by Gasteiger charge is 2.53. The van der Waals surface area contributed by atoms with Crippen molar-refractivity contribution in [3.05, 3.63) is 47.8 Å². The minimum atomic E-state index is -0.404. The Morgan fingerprint density at radius 3 is 2.68 bits per heavy atom. The molecule has 2 aromatic heterocycles. The Kier molecular flexibility index (Phi) is 5.17. The number of aromatic nitrogens is 3. The van der Waals surface area contributed by atoms with Crippen LogP contribution in [0.25, 0.3) is 22.3 Å². The molecule has 0 saturated heterocycles. The van der Waals surface area contributed by atoms with Crippen LogP contribution in [0, 0.1) is 11.8 Å². The summed E-state index contributed by atoms with van der Waals surface area (Å²) in [4.78, 5) is 27.8. The summed E-state index contributed by atoms with van der Waals surface area (Å²) in [6.45, 7) is 4.32. The van der Waals surface area contributed by atoms with E-state index in [9.17, 15) is 4.79 Å². The van der Waals surface area contributed by atoms with Gasteiger partial charge in [0.15, 0.2) is 11.6 Å². The highest BCUT2D eigenvalue weighted by molar-refractivity contribution is 5.92. The van der Waals surface area contributed by atoms with Gasteiger partial charge in [0.05, 0.1) is 11.2 Å². The zero-order chi connectivity index (χ0) is 23.4. The van der Waals surface area contributed by atoms with Crippen molar-refractivity contribution in [1.82, 2.24) is 15.0 Å². The zero-order valence-electron chi connectivity index (χ0n) is 20.1. The molecule has 0 N–H and O–H groups in total. The third-order valence-corrected chi connectivity index (χ3v) is 8.52. The third kappa shape index (κ3) is 3.26. The Bertz CT molecular complexity index is 1270. The largest absolute Gasteiger partial charge is 0.474 e. The van der Waals surface area contributed by atoms with E-state index in [2.05, 4.69) is 24.9 Å². The van der Waals surface area contributed by atoms with Gasteiger partial charge in [0.25, 0.3) is 0 Å². The minimum absolute atomic E-state index is 0.0620. The van der Waals surface area contributed by atoms with Crippen LogP contribution in [0.5, 0.6) is 5.88 Å². The first kappa shape index (κ1) is 21.7. The summed E-state index contributed by atoms with van der Waals surface area (Å²) in [6, 6.07) is 10.1. The monoisotopic (exact) mass is 457 g/mol. The standard InChI is InChI=1S/C28H31N3O3/c1-16-21-12-11-20-25(28(21,2)15-23(33-3)24(16)32)30-26(31-27(20)34-17-7-6-8-17)19-13-14-29-22-10-5-4-9-18(19)22/h4-5,9-10,13-14,16-17,21,23H,6-8,11-12,15H2,1-3H3/t16-,21-,23?,28-/m1/s1. The van der Waals surface area contributed by atoms with Gasteiger partial charge in [-0.3, -0.25) is 9.78 Å². The highest BCUT2D eigenvalue weighted by atomic mass is 16.5. The molecule has 3 aliphatic carbocycles. The summed E-state index contributed by atoms with van der Waals surface area (Å²) in [5, 5.41) is 1.03. The van der Waals surface area contributed by atoms with Gasteiger partial charge in [-0.1, -0.05) is 32.0 Å². The van der Waals surface area contributed by atoms with E-state index in [-0.39, 0.29) is 29.1 Å². The second-order valence-corrected chi connectivity index (χ2v) is 10.4. The number of ether oxygens (including phenoxy) is 2. The molecule has 2 fully saturated rings. The first-order valence-corrected chi connectivity index (χ1v) is 12.5. The minimum Gasteiger partial charge on any atom is -0.474 e. The molecule has 176 valence electrons. The number of fused-ring (bicyclic) bond motifs is 4. The Balaban J connectivity index is 1.55. The van der Waals surface area contributed by atoms with E-state index in [1.165, 1.54) is 6.42 Å². The topological polar surface area (TPSA) is 74.2 Å². The molecular weight excluding hydrogens is 426 g/mol. The first-order chi connectivity index (χ1) is 16.5. The maximum atomic E-state index is 13.0. The third-order valence-electron chi connectivity index (χ3n) is 8.52. The average Bonchev–Trinajstić information content (AvgIpc) is 2.83. The molecule has 34 heavy (non-hydrogen) atoms. The summed E-state index contributed by atoms with van der Waals surface area (Å²) in [5.74, 6) is 1.78. The van der Waals surface area contributed by atoms with Crippen LogP contribution in [0.15, 0.2) is 36.5 Å². The van der Waals surface area contributed by atoms with Gasteiger partial charge in [0, 0.05) is 41.2 Å². The van der Waals surface area contributed by atoms with Crippen molar-refractivity contribution in [2.75, 3.05) is 7.11 Å². The predicted octanol–water partition coefficient (Wildman–Crippen LogP) is 5.07. The molecule has 0 radical (unpaired) electrons. The van der Waals surface area contributed by atoms with Crippen LogP contribution in [-0.4, -0.2) is 40.1 Å². The number of hydrogen-bond donors (Lipinski definition) is 0. The molecular formula is C28H31N3O3. The molecule has 0 amide bonds. The van der Waals surface area contributed by atoms with E-state index in [0.717, 1.165) is 59.3 Å². The fourth-order valence-electron chi connectivity index (χ4n) is 6.34. The van der Waals surface area contributed by atoms with Crippen molar-refractivity contribution in [3.63, 3.8) is 0 Å². The van der Waals surface area contributed by atoms with Crippen LogP contribution < -0.4 is 4.74 Å². The van der Waals surface area contributed by atoms with Crippen LogP contribution in [-0.2, 0) is 21.4 Å². The molecule has 6 nitrogen and oxygen atoms in total. The van der Waals surface area contributed by atoms with Gasteiger partial charge in [-0.15, -0.1) is 0 Å². The molecule has 2 saturated carbocycles. The molecule has 3 aromatic rings. The molecule has 6 rings (SSSR count). The number of carbonyl (C=O) groups excluding carboxylic acids is 1. The quantitative estimate of drug-likeness (QED) is 0.545. The highest BCUT2D eigenvalue weighted by Crippen LogP contribution is 2.52. The van der Waals surface area contributed by atoms with Crippen molar-refractivity contribution in [2.24, 2.45) is 11.8 Å². The van der Waals surface area contributed by atoms with E-state index in [0.29, 0.717) is 12.2 Å². The van der Waals surface area contributed by atoms with Crippen molar-refractivity contribution < 1.29 is 14.3 Å². The lowest BCUT2D eigenvalue weighted by molar-refractivity contribution is -0.143. The Morgan fingerprint density at radius 2 is 1.91 bits per heavy atom. The molecule has 1 aromatic carbocycles. The molecule has 4 atom stereocenters. The maximum absolute atomic E-state index is 13.0. The number of hydrogen-bond acceptors (Lipinski definition) is 6. The van der Waals surface area contributed by atoms with Gasteiger partial charge in [-0.05, 0) is 56.6 Å².